The molecule has 18 heavy (non-hydrogen) atoms. The van der Waals surface area contributed by atoms with Crippen molar-refractivity contribution in [2.45, 2.75) is 58.3 Å². The number of nitrogen functional groups attached to an aromatic ring is 1. The minimum Gasteiger partial charge on any atom is -0.308 e. The fourth-order valence-corrected chi connectivity index (χ4v) is 2.78. The van der Waals surface area contributed by atoms with Crippen LogP contribution in [0.4, 0.5) is 5.82 Å². The maximum absolute atomic E-state index is 5.48. The molecule has 0 unspecified atom stereocenters. The van der Waals surface area contributed by atoms with E-state index in [0.717, 1.165) is 29.7 Å². The van der Waals surface area contributed by atoms with Crippen molar-refractivity contribution in [3.05, 3.63) is 17.6 Å². The molecule has 3 N–H and O–H groups in total. The molecule has 0 saturated heterocycles. The normalized spacial score (nSPS) is 23.9. The molecule has 4 nitrogen and oxygen atoms in total. The van der Waals surface area contributed by atoms with Crippen LogP contribution in [0.15, 0.2) is 6.07 Å². The molecule has 0 aromatic carbocycles. The molecule has 4 heteroatoms. The molecule has 0 bridgehead atoms. The van der Waals surface area contributed by atoms with Crippen LogP contribution in [0.1, 0.15) is 63.4 Å². The van der Waals surface area contributed by atoms with Crippen molar-refractivity contribution < 1.29 is 0 Å². The number of nitrogens with two attached hydrogens (primary N) is 1. The lowest BCUT2D eigenvalue weighted by Crippen LogP contribution is -2.17. The lowest BCUT2D eigenvalue weighted by atomic mass is 9.80. The van der Waals surface area contributed by atoms with E-state index in [9.17, 15) is 0 Å². The van der Waals surface area contributed by atoms with Gasteiger partial charge >= 0.3 is 0 Å². The van der Waals surface area contributed by atoms with E-state index in [-0.39, 0.29) is 0 Å². The van der Waals surface area contributed by atoms with Gasteiger partial charge in [-0.25, -0.2) is 15.8 Å². The first-order valence-corrected chi connectivity index (χ1v) is 7.11. The van der Waals surface area contributed by atoms with Crippen LogP contribution in [0.2, 0.25) is 0 Å². The first-order chi connectivity index (χ1) is 8.76. The van der Waals surface area contributed by atoms with Crippen molar-refractivity contribution in [3.8, 4) is 0 Å². The fourth-order valence-electron chi connectivity index (χ4n) is 2.78. The molecule has 1 fully saturated rings. The van der Waals surface area contributed by atoms with Gasteiger partial charge in [-0.2, -0.15) is 0 Å². The molecule has 1 aliphatic carbocycles. The summed E-state index contributed by atoms with van der Waals surface area (Å²) in [6.45, 7) is 4.40. The van der Waals surface area contributed by atoms with Gasteiger partial charge in [0, 0.05) is 17.7 Å². The van der Waals surface area contributed by atoms with Crippen LogP contribution in [0.25, 0.3) is 0 Å². The van der Waals surface area contributed by atoms with Crippen molar-refractivity contribution in [1.82, 2.24) is 9.97 Å². The van der Waals surface area contributed by atoms with Crippen molar-refractivity contribution in [3.63, 3.8) is 0 Å². The third-order valence-electron chi connectivity index (χ3n) is 4.10. The lowest BCUT2D eigenvalue weighted by molar-refractivity contribution is 0.312. The molecule has 1 heterocycles. The largest absolute Gasteiger partial charge is 0.308 e. The number of aryl methyl sites for hydroxylation is 1. The summed E-state index contributed by atoms with van der Waals surface area (Å²) in [5, 5.41) is 0. The van der Waals surface area contributed by atoms with Gasteiger partial charge in [0.15, 0.2) is 0 Å². The monoisotopic (exact) mass is 248 g/mol. The molecule has 0 aliphatic heterocycles. The Morgan fingerprint density at radius 1 is 1.22 bits per heavy atom. The highest BCUT2D eigenvalue weighted by Gasteiger charge is 2.23. The Morgan fingerprint density at radius 3 is 2.50 bits per heavy atom. The number of hydrogen-bond acceptors (Lipinski definition) is 4. The van der Waals surface area contributed by atoms with E-state index in [0.29, 0.717) is 5.92 Å². The summed E-state index contributed by atoms with van der Waals surface area (Å²) in [6.07, 6.45) is 7.29. The third-order valence-corrected chi connectivity index (χ3v) is 4.10. The van der Waals surface area contributed by atoms with E-state index < -0.39 is 0 Å². The molecule has 0 atom stereocenters. The second kappa shape index (κ2) is 6.14. The Bertz CT molecular complexity index is 361. The van der Waals surface area contributed by atoms with E-state index >= 15 is 0 Å². The van der Waals surface area contributed by atoms with Crippen LogP contribution in [0, 0.1) is 5.92 Å². The van der Waals surface area contributed by atoms with Crippen LogP contribution in [-0.4, -0.2) is 9.97 Å². The van der Waals surface area contributed by atoms with E-state index in [1.165, 1.54) is 32.1 Å². The Kier molecular flexibility index (Phi) is 4.53. The Morgan fingerprint density at radius 2 is 1.94 bits per heavy atom. The summed E-state index contributed by atoms with van der Waals surface area (Å²) in [4.78, 5) is 9.19. The van der Waals surface area contributed by atoms with Gasteiger partial charge in [0.25, 0.3) is 0 Å². The predicted octanol–water partition coefficient (Wildman–Crippen LogP) is 3.01. The van der Waals surface area contributed by atoms with E-state index in [1.807, 2.05) is 6.07 Å². The van der Waals surface area contributed by atoms with Gasteiger partial charge < -0.3 is 5.43 Å². The van der Waals surface area contributed by atoms with Gasteiger partial charge in [0.05, 0.1) is 0 Å². The topological polar surface area (TPSA) is 63.8 Å². The van der Waals surface area contributed by atoms with Gasteiger partial charge in [0.1, 0.15) is 11.6 Å². The first-order valence-electron chi connectivity index (χ1n) is 7.11. The van der Waals surface area contributed by atoms with Gasteiger partial charge in [-0.05, 0) is 38.0 Å². The third kappa shape index (κ3) is 2.99. The number of nitrogens with one attached hydrogen (secondary N) is 1. The summed E-state index contributed by atoms with van der Waals surface area (Å²) in [5.41, 5.74) is 3.72. The minimum atomic E-state index is 0.520. The zero-order chi connectivity index (χ0) is 13.0. The lowest BCUT2D eigenvalue weighted by Gasteiger charge is -2.27. The number of rotatable bonds is 4. The number of nitrogens with zero attached hydrogens (tertiary/aromatic N) is 2. The molecule has 1 saturated carbocycles. The number of aromatic nitrogens is 2. The van der Waals surface area contributed by atoms with Gasteiger partial charge in [-0.3, -0.25) is 0 Å². The molecule has 1 aromatic rings. The van der Waals surface area contributed by atoms with E-state index in [1.54, 1.807) is 0 Å². The van der Waals surface area contributed by atoms with Crippen LogP contribution in [0.5, 0.6) is 0 Å². The SMILES string of the molecule is CCc1cc(NN)nc(C2CCC(CC)CC2)n1. The smallest absolute Gasteiger partial charge is 0.143 e. The first kappa shape index (κ1) is 13.3. The molecule has 1 aromatic heterocycles. The van der Waals surface area contributed by atoms with Gasteiger partial charge in [-0.15, -0.1) is 0 Å². The van der Waals surface area contributed by atoms with Gasteiger partial charge in [-0.1, -0.05) is 20.3 Å². The molecular formula is C14H24N4. The van der Waals surface area contributed by atoms with Crippen LogP contribution < -0.4 is 11.3 Å². The molecule has 0 spiro atoms. The van der Waals surface area contributed by atoms with Crippen LogP contribution in [-0.2, 0) is 6.42 Å². The van der Waals surface area contributed by atoms with Crippen LogP contribution in [0.3, 0.4) is 0 Å². The summed E-state index contributed by atoms with van der Waals surface area (Å²) in [7, 11) is 0. The highest BCUT2D eigenvalue weighted by atomic mass is 15.3. The number of hydrazine groups is 1. The second-order valence-electron chi connectivity index (χ2n) is 5.23. The summed E-state index contributed by atoms with van der Waals surface area (Å²) in [6, 6.07) is 1.93. The zero-order valence-electron chi connectivity index (χ0n) is 11.4. The summed E-state index contributed by atoms with van der Waals surface area (Å²) >= 11 is 0. The molecule has 0 radical (unpaired) electrons. The highest BCUT2D eigenvalue weighted by molar-refractivity contribution is 5.35. The number of anilines is 1. The highest BCUT2D eigenvalue weighted by Crippen LogP contribution is 2.35. The molecular weight excluding hydrogens is 224 g/mol. The van der Waals surface area contributed by atoms with Crippen molar-refractivity contribution in [2.75, 3.05) is 5.43 Å². The van der Waals surface area contributed by atoms with E-state index in [4.69, 9.17) is 5.84 Å². The average molecular weight is 248 g/mol. The average Bonchev–Trinajstić information content (AvgIpc) is 2.46. The Labute approximate surface area is 109 Å². The quantitative estimate of drug-likeness (QED) is 0.635. The molecule has 2 rings (SSSR count). The zero-order valence-corrected chi connectivity index (χ0v) is 11.4. The summed E-state index contributed by atoms with van der Waals surface area (Å²) in [5.74, 6) is 8.63. The van der Waals surface area contributed by atoms with Crippen LogP contribution >= 0.6 is 0 Å². The maximum Gasteiger partial charge on any atom is 0.143 e. The van der Waals surface area contributed by atoms with E-state index in [2.05, 4.69) is 29.2 Å². The maximum atomic E-state index is 5.48. The van der Waals surface area contributed by atoms with Gasteiger partial charge in [0.2, 0.25) is 0 Å². The molecule has 0 amide bonds. The fraction of sp³-hybridized carbons (Fsp3) is 0.714. The Balaban J connectivity index is 2.13. The predicted molar refractivity (Wildman–Crippen MR) is 74.2 cm³/mol. The van der Waals surface area contributed by atoms with Crippen molar-refractivity contribution in [1.29, 1.82) is 0 Å². The number of hydrogen-bond donors (Lipinski definition) is 2. The minimum absolute atomic E-state index is 0.520. The summed E-state index contributed by atoms with van der Waals surface area (Å²) < 4.78 is 0. The molecule has 1 aliphatic rings. The van der Waals surface area contributed by atoms with Crippen molar-refractivity contribution >= 4 is 5.82 Å². The standard InChI is InChI=1S/C14H24N4/c1-3-10-5-7-11(8-6-10)14-16-12(4-2)9-13(17-14)18-15/h9-11H,3-8,15H2,1-2H3,(H,16,17,18). The Hall–Kier alpha value is -1.16. The van der Waals surface area contributed by atoms with Crippen molar-refractivity contribution in [2.24, 2.45) is 11.8 Å². The second-order valence-corrected chi connectivity index (χ2v) is 5.23. The molecule has 100 valence electrons.